The molecule has 2 unspecified atom stereocenters. The summed E-state index contributed by atoms with van der Waals surface area (Å²) in [7, 11) is 0. The molecule has 2 atom stereocenters. The van der Waals surface area contributed by atoms with Gasteiger partial charge in [0.1, 0.15) is 0 Å². The minimum Gasteiger partial charge on any atom is -0.368 e. The second-order valence-corrected chi connectivity index (χ2v) is 8.02. The fourth-order valence-corrected chi connectivity index (χ4v) is 3.40. The number of primary amides is 1. The van der Waals surface area contributed by atoms with E-state index in [1.807, 2.05) is 0 Å². The number of hydrogen-bond donors (Lipinski definition) is 2. The summed E-state index contributed by atoms with van der Waals surface area (Å²) in [6.07, 6.45) is 7.13. The van der Waals surface area contributed by atoms with Crippen molar-refractivity contribution in [2.75, 3.05) is 19.6 Å². The number of carbonyl (C=O) groups excluding carboxylic acids is 1. The van der Waals surface area contributed by atoms with Crippen molar-refractivity contribution in [1.82, 2.24) is 10.2 Å². The van der Waals surface area contributed by atoms with Crippen LogP contribution in [0.2, 0.25) is 0 Å². The Morgan fingerprint density at radius 1 is 1.24 bits per heavy atom. The standard InChI is InChI=1S/C17H33N3O/c1-17(2,3)13-5-4-10-20(11-8-13)12-9-15(16(18)21)19-14-6-7-14/h13-15,19H,4-12H2,1-3H3,(H2,18,21). The van der Waals surface area contributed by atoms with E-state index in [4.69, 9.17) is 5.73 Å². The lowest BCUT2D eigenvalue weighted by molar-refractivity contribution is -0.120. The highest BCUT2D eigenvalue weighted by Gasteiger charge is 2.29. The first-order chi connectivity index (χ1) is 9.86. The molecule has 1 saturated heterocycles. The van der Waals surface area contributed by atoms with Gasteiger partial charge in [-0.05, 0) is 62.9 Å². The Labute approximate surface area is 129 Å². The van der Waals surface area contributed by atoms with Gasteiger partial charge in [-0.1, -0.05) is 20.8 Å². The van der Waals surface area contributed by atoms with Crippen LogP contribution in [0.4, 0.5) is 0 Å². The maximum absolute atomic E-state index is 11.5. The Bertz CT molecular complexity index is 346. The van der Waals surface area contributed by atoms with Gasteiger partial charge < -0.3 is 16.0 Å². The van der Waals surface area contributed by atoms with Crippen LogP contribution in [-0.2, 0) is 4.79 Å². The van der Waals surface area contributed by atoms with Crippen LogP contribution in [0.25, 0.3) is 0 Å². The third-order valence-electron chi connectivity index (χ3n) is 5.14. The molecule has 4 nitrogen and oxygen atoms in total. The summed E-state index contributed by atoms with van der Waals surface area (Å²) >= 11 is 0. The smallest absolute Gasteiger partial charge is 0.234 e. The molecule has 0 aromatic heterocycles. The van der Waals surface area contributed by atoms with E-state index < -0.39 is 0 Å². The molecule has 1 amide bonds. The fraction of sp³-hybridized carbons (Fsp3) is 0.941. The number of rotatable bonds is 6. The summed E-state index contributed by atoms with van der Waals surface area (Å²) in [6.45, 7) is 10.4. The SMILES string of the molecule is CC(C)(C)C1CCCN(CCC(NC2CC2)C(N)=O)CC1. The molecule has 3 N–H and O–H groups in total. The van der Waals surface area contributed by atoms with Crippen molar-refractivity contribution in [2.24, 2.45) is 17.1 Å². The molecular weight excluding hydrogens is 262 g/mol. The Morgan fingerprint density at radius 2 is 1.95 bits per heavy atom. The first-order valence-electron chi connectivity index (χ1n) is 8.64. The lowest BCUT2D eigenvalue weighted by Crippen LogP contribution is -2.44. The Hall–Kier alpha value is -0.610. The predicted molar refractivity (Wildman–Crippen MR) is 87.0 cm³/mol. The summed E-state index contributed by atoms with van der Waals surface area (Å²) in [5.74, 6) is 0.628. The van der Waals surface area contributed by atoms with Crippen LogP contribution in [0.15, 0.2) is 0 Å². The molecule has 0 aromatic carbocycles. The molecule has 2 aliphatic rings. The molecule has 2 fully saturated rings. The summed E-state index contributed by atoms with van der Waals surface area (Å²) in [4.78, 5) is 14.1. The van der Waals surface area contributed by atoms with Crippen molar-refractivity contribution in [1.29, 1.82) is 0 Å². The summed E-state index contributed by atoms with van der Waals surface area (Å²) in [6, 6.07) is 0.399. The molecule has 1 saturated carbocycles. The van der Waals surface area contributed by atoms with E-state index in [0.29, 0.717) is 11.5 Å². The van der Waals surface area contributed by atoms with Gasteiger partial charge >= 0.3 is 0 Å². The van der Waals surface area contributed by atoms with Crippen LogP contribution < -0.4 is 11.1 Å². The third-order valence-corrected chi connectivity index (χ3v) is 5.14. The minimum absolute atomic E-state index is 0.140. The van der Waals surface area contributed by atoms with Crippen molar-refractivity contribution in [2.45, 2.75) is 71.4 Å². The molecule has 0 aromatic rings. The van der Waals surface area contributed by atoms with Crippen molar-refractivity contribution < 1.29 is 4.79 Å². The summed E-state index contributed by atoms with van der Waals surface area (Å²) < 4.78 is 0. The number of hydrogen-bond acceptors (Lipinski definition) is 3. The van der Waals surface area contributed by atoms with Gasteiger partial charge in [0.2, 0.25) is 5.91 Å². The Morgan fingerprint density at radius 3 is 2.52 bits per heavy atom. The lowest BCUT2D eigenvalue weighted by Gasteiger charge is -2.30. The number of likely N-dealkylation sites (tertiary alicyclic amines) is 1. The predicted octanol–water partition coefficient (Wildman–Crippen LogP) is 2.13. The van der Waals surface area contributed by atoms with Crippen LogP contribution in [0.1, 0.15) is 59.3 Å². The zero-order chi connectivity index (χ0) is 15.5. The van der Waals surface area contributed by atoms with E-state index in [9.17, 15) is 4.79 Å². The highest BCUT2D eigenvalue weighted by molar-refractivity contribution is 5.79. The lowest BCUT2D eigenvalue weighted by atomic mass is 9.77. The van der Waals surface area contributed by atoms with Crippen LogP contribution in [0, 0.1) is 11.3 Å². The first kappa shape index (κ1) is 16.8. The minimum atomic E-state index is -0.190. The molecule has 0 spiro atoms. The average molecular weight is 295 g/mol. The van der Waals surface area contributed by atoms with Gasteiger partial charge in [-0.15, -0.1) is 0 Å². The van der Waals surface area contributed by atoms with E-state index >= 15 is 0 Å². The molecule has 2 rings (SSSR count). The van der Waals surface area contributed by atoms with Gasteiger partial charge in [0.15, 0.2) is 0 Å². The largest absolute Gasteiger partial charge is 0.368 e. The van der Waals surface area contributed by atoms with Crippen LogP contribution in [-0.4, -0.2) is 42.5 Å². The highest BCUT2D eigenvalue weighted by Crippen LogP contribution is 2.34. The van der Waals surface area contributed by atoms with Crippen molar-refractivity contribution in [3.63, 3.8) is 0 Å². The quantitative estimate of drug-likeness (QED) is 0.789. The molecule has 1 aliphatic carbocycles. The van der Waals surface area contributed by atoms with Crippen molar-refractivity contribution in [3.05, 3.63) is 0 Å². The summed E-state index contributed by atoms with van der Waals surface area (Å²) in [5, 5.41) is 3.38. The first-order valence-corrected chi connectivity index (χ1v) is 8.64. The Balaban J connectivity index is 1.75. The number of carbonyl (C=O) groups is 1. The van der Waals surface area contributed by atoms with Crippen molar-refractivity contribution in [3.8, 4) is 0 Å². The normalized spacial score (nSPS) is 26.3. The van der Waals surface area contributed by atoms with Crippen LogP contribution in [0.5, 0.6) is 0 Å². The summed E-state index contributed by atoms with van der Waals surface area (Å²) in [5.41, 5.74) is 5.93. The van der Waals surface area contributed by atoms with Crippen LogP contribution in [0.3, 0.4) is 0 Å². The molecule has 21 heavy (non-hydrogen) atoms. The fourth-order valence-electron chi connectivity index (χ4n) is 3.40. The van der Waals surface area contributed by atoms with E-state index in [2.05, 4.69) is 31.0 Å². The highest BCUT2D eigenvalue weighted by atomic mass is 16.1. The van der Waals surface area contributed by atoms with Gasteiger partial charge in [-0.2, -0.15) is 0 Å². The van der Waals surface area contributed by atoms with Gasteiger partial charge in [-0.3, -0.25) is 4.79 Å². The molecular formula is C17H33N3O. The monoisotopic (exact) mass is 295 g/mol. The number of nitrogens with zero attached hydrogens (tertiary/aromatic N) is 1. The zero-order valence-electron chi connectivity index (χ0n) is 14.0. The van der Waals surface area contributed by atoms with Gasteiger partial charge in [0, 0.05) is 12.6 Å². The number of amides is 1. The van der Waals surface area contributed by atoms with E-state index in [1.54, 1.807) is 0 Å². The Kier molecular flexibility index (Phi) is 5.67. The van der Waals surface area contributed by atoms with Crippen LogP contribution >= 0.6 is 0 Å². The number of nitrogens with one attached hydrogen (secondary N) is 1. The number of nitrogens with two attached hydrogens (primary N) is 1. The van der Waals surface area contributed by atoms with Gasteiger partial charge in [0.05, 0.1) is 6.04 Å². The topological polar surface area (TPSA) is 58.4 Å². The average Bonchev–Trinajstić information content (AvgIpc) is 3.20. The molecule has 0 radical (unpaired) electrons. The second kappa shape index (κ2) is 7.10. The van der Waals surface area contributed by atoms with E-state index in [0.717, 1.165) is 25.4 Å². The van der Waals surface area contributed by atoms with Gasteiger partial charge in [0.25, 0.3) is 0 Å². The second-order valence-electron chi connectivity index (χ2n) is 8.02. The van der Waals surface area contributed by atoms with E-state index in [-0.39, 0.29) is 11.9 Å². The molecule has 4 heteroatoms. The molecule has 1 aliphatic heterocycles. The molecule has 122 valence electrons. The maximum atomic E-state index is 11.5. The van der Waals surface area contributed by atoms with E-state index in [1.165, 1.54) is 38.6 Å². The zero-order valence-corrected chi connectivity index (χ0v) is 14.0. The van der Waals surface area contributed by atoms with Gasteiger partial charge in [-0.25, -0.2) is 0 Å². The maximum Gasteiger partial charge on any atom is 0.234 e. The third kappa shape index (κ3) is 5.59. The van der Waals surface area contributed by atoms with Crippen molar-refractivity contribution >= 4 is 5.91 Å². The molecule has 1 heterocycles. The molecule has 0 bridgehead atoms.